The lowest BCUT2D eigenvalue weighted by molar-refractivity contribution is 0.390. The maximum Gasteiger partial charge on any atom is 0.133 e. The Morgan fingerprint density at radius 3 is 2.27 bits per heavy atom. The fourth-order valence-electron chi connectivity index (χ4n) is 2.16. The average molecular weight is 366 g/mol. The summed E-state index contributed by atoms with van der Waals surface area (Å²) in [4.78, 5) is 0. The largest absolute Gasteiger partial charge is 0.497 e. The van der Waals surface area contributed by atoms with Gasteiger partial charge in [0, 0.05) is 24.7 Å². The van der Waals surface area contributed by atoms with Crippen LogP contribution in [0.5, 0.6) is 17.2 Å². The minimum atomic E-state index is 0.719. The van der Waals surface area contributed by atoms with Crippen molar-refractivity contribution in [3.8, 4) is 17.2 Å². The van der Waals surface area contributed by atoms with Crippen molar-refractivity contribution in [2.75, 3.05) is 21.3 Å². The molecule has 2 aromatic rings. The van der Waals surface area contributed by atoms with Crippen LogP contribution in [0.2, 0.25) is 0 Å². The third-order valence-electron chi connectivity index (χ3n) is 3.36. The molecule has 1 N–H and O–H groups in total. The molecule has 0 aliphatic rings. The van der Waals surface area contributed by atoms with Gasteiger partial charge in [0.2, 0.25) is 0 Å². The number of nitrogens with one attached hydrogen (secondary N) is 1. The first kappa shape index (κ1) is 16.6. The molecular weight excluding hydrogens is 346 g/mol. The van der Waals surface area contributed by atoms with E-state index in [1.54, 1.807) is 21.3 Å². The zero-order valence-corrected chi connectivity index (χ0v) is 14.6. The highest BCUT2D eigenvalue weighted by molar-refractivity contribution is 9.10. The monoisotopic (exact) mass is 365 g/mol. The molecule has 0 aromatic heterocycles. The highest BCUT2D eigenvalue weighted by Gasteiger charge is 2.05. The van der Waals surface area contributed by atoms with Crippen LogP contribution in [-0.2, 0) is 13.1 Å². The smallest absolute Gasteiger partial charge is 0.133 e. The van der Waals surface area contributed by atoms with Gasteiger partial charge in [-0.2, -0.15) is 0 Å². The Bertz CT molecular complexity index is 631. The molecule has 0 fully saturated rings. The number of ether oxygens (including phenoxy) is 3. The van der Waals surface area contributed by atoms with Gasteiger partial charge in [-0.25, -0.2) is 0 Å². The molecule has 0 radical (unpaired) electrons. The third-order valence-corrected chi connectivity index (χ3v) is 3.97. The quantitative estimate of drug-likeness (QED) is 0.810. The zero-order valence-electron chi connectivity index (χ0n) is 13.0. The van der Waals surface area contributed by atoms with E-state index in [0.717, 1.165) is 40.4 Å². The normalized spacial score (nSPS) is 10.4. The average Bonchev–Trinajstić information content (AvgIpc) is 2.55. The second kappa shape index (κ2) is 8.06. The molecule has 4 nitrogen and oxygen atoms in total. The minimum Gasteiger partial charge on any atom is -0.497 e. The molecule has 5 heteroatoms. The number of hydrogen-bond acceptors (Lipinski definition) is 4. The number of methoxy groups -OCH3 is 3. The van der Waals surface area contributed by atoms with Gasteiger partial charge in [0.15, 0.2) is 0 Å². The number of benzene rings is 2. The molecule has 0 atom stereocenters. The van der Waals surface area contributed by atoms with Crippen molar-refractivity contribution in [1.29, 1.82) is 0 Å². The maximum atomic E-state index is 5.40. The van der Waals surface area contributed by atoms with Crippen molar-refractivity contribution < 1.29 is 14.2 Å². The van der Waals surface area contributed by atoms with Crippen molar-refractivity contribution in [2.24, 2.45) is 0 Å². The van der Waals surface area contributed by atoms with Crippen LogP contribution in [0.25, 0.3) is 0 Å². The van der Waals surface area contributed by atoms with Gasteiger partial charge >= 0.3 is 0 Å². The number of halogens is 1. The van der Waals surface area contributed by atoms with E-state index in [1.165, 1.54) is 5.56 Å². The highest BCUT2D eigenvalue weighted by Crippen LogP contribution is 2.26. The van der Waals surface area contributed by atoms with Crippen LogP contribution in [0.1, 0.15) is 11.1 Å². The summed E-state index contributed by atoms with van der Waals surface area (Å²) >= 11 is 3.50. The van der Waals surface area contributed by atoms with E-state index in [1.807, 2.05) is 30.3 Å². The Balaban J connectivity index is 1.97. The maximum absolute atomic E-state index is 5.40. The van der Waals surface area contributed by atoms with Gasteiger partial charge in [0.1, 0.15) is 17.2 Å². The van der Waals surface area contributed by atoms with Crippen molar-refractivity contribution >= 4 is 15.9 Å². The van der Waals surface area contributed by atoms with Gasteiger partial charge in [0.05, 0.1) is 25.8 Å². The molecule has 0 aliphatic heterocycles. The minimum absolute atomic E-state index is 0.719. The first-order valence-corrected chi connectivity index (χ1v) is 7.71. The van der Waals surface area contributed by atoms with E-state index >= 15 is 0 Å². The SMILES string of the molecule is COc1ccc(CNCc2ccc(OC)c(Br)c2)c(OC)c1. The molecule has 0 saturated heterocycles. The molecule has 2 aromatic carbocycles. The topological polar surface area (TPSA) is 39.7 Å². The van der Waals surface area contributed by atoms with Crippen LogP contribution in [0, 0.1) is 0 Å². The van der Waals surface area contributed by atoms with Crippen LogP contribution in [-0.4, -0.2) is 21.3 Å². The van der Waals surface area contributed by atoms with Crippen molar-refractivity contribution in [1.82, 2.24) is 5.32 Å². The molecule has 2 rings (SSSR count). The molecule has 0 bridgehead atoms. The molecule has 0 amide bonds. The van der Waals surface area contributed by atoms with Gasteiger partial charge in [-0.3, -0.25) is 0 Å². The first-order valence-electron chi connectivity index (χ1n) is 6.92. The molecule has 0 heterocycles. The molecule has 0 spiro atoms. The Kier molecular flexibility index (Phi) is 6.10. The predicted molar refractivity (Wildman–Crippen MR) is 90.8 cm³/mol. The fraction of sp³-hybridized carbons (Fsp3) is 0.294. The Labute approximate surface area is 139 Å². The summed E-state index contributed by atoms with van der Waals surface area (Å²) in [6, 6.07) is 11.9. The second-order valence-corrected chi connectivity index (χ2v) is 5.60. The van der Waals surface area contributed by atoms with E-state index in [4.69, 9.17) is 14.2 Å². The fourth-order valence-corrected chi connectivity index (χ4v) is 2.75. The number of hydrogen-bond donors (Lipinski definition) is 1. The molecule has 0 aliphatic carbocycles. The van der Waals surface area contributed by atoms with Crippen LogP contribution in [0.15, 0.2) is 40.9 Å². The molecule has 0 unspecified atom stereocenters. The second-order valence-electron chi connectivity index (χ2n) is 4.75. The summed E-state index contributed by atoms with van der Waals surface area (Å²) in [6.07, 6.45) is 0. The molecule has 22 heavy (non-hydrogen) atoms. The lowest BCUT2D eigenvalue weighted by Crippen LogP contribution is -2.13. The Morgan fingerprint density at radius 1 is 0.864 bits per heavy atom. The van der Waals surface area contributed by atoms with Crippen LogP contribution >= 0.6 is 15.9 Å². The van der Waals surface area contributed by atoms with Crippen LogP contribution in [0.4, 0.5) is 0 Å². The van der Waals surface area contributed by atoms with E-state index in [-0.39, 0.29) is 0 Å². The van der Waals surface area contributed by atoms with Crippen LogP contribution in [0.3, 0.4) is 0 Å². The molecule has 118 valence electrons. The summed E-state index contributed by atoms with van der Waals surface area (Å²) in [5, 5.41) is 3.41. The highest BCUT2D eigenvalue weighted by atomic mass is 79.9. The van der Waals surface area contributed by atoms with Gasteiger partial charge in [-0.15, -0.1) is 0 Å². The zero-order chi connectivity index (χ0) is 15.9. The number of rotatable bonds is 7. The van der Waals surface area contributed by atoms with E-state index in [0.29, 0.717) is 0 Å². The Morgan fingerprint density at radius 2 is 1.64 bits per heavy atom. The van der Waals surface area contributed by atoms with E-state index in [2.05, 4.69) is 27.3 Å². The Hall–Kier alpha value is -1.72. The van der Waals surface area contributed by atoms with Crippen molar-refractivity contribution in [2.45, 2.75) is 13.1 Å². The van der Waals surface area contributed by atoms with Crippen LogP contribution < -0.4 is 19.5 Å². The van der Waals surface area contributed by atoms with Gasteiger partial charge < -0.3 is 19.5 Å². The van der Waals surface area contributed by atoms with Gasteiger partial charge in [0.25, 0.3) is 0 Å². The standard InChI is InChI=1S/C17H20BrNO3/c1-20-14-6-5-13(17(9-14)22-3)11-19-10-12-4-7-16(21-2)15(18)8-12/h4-9,19H,10-11H2,1-3H3. The third kappa shape index (κ3) is 4.15. The summed E-state index contributed by atoms with van der Waals surface area (Å²) < 4.78 is 16.8. The van der Waals surface area contributed by atoms with Crippen molar-refractivity contribution in [3.05, 3.63) is 52.0 Å². The summed E-state index contributed by atoms with van der Waals surface area (Å²) in [5.74, 6) is 2.45. The summed E-state index contributed by atoms with van der Waals surface area (Å²) in [6.45, 7) is 1.48. The van der Waals surface area contributed by atoms with E-state index < -0.39 is 0 Å². The molecule has 0 saturated carbocycles. The van der Waals surface area contributed by atoms with Gasteiger partial charge in [-0.05, 0) is 39.7 Å². The van der Waals surface area contributed by atoms with Gasteiger partial charge in [-0.1, -0.05) is 12.1 Å². The lowest BCUT2D eigenvalue weighted by atomic mass is 10.1. The predicted octanol–water partition coefficient (Wildman–Crippen LogP) is 3.76. The summed E-state index contributed by atoms with van der Waals surface area (Å²) in [7, 11) is 4.97. The lowest BCUT2D eigenvalue weighted by Gasteiger charge is -2.12. The van der Waals surface area contributed by atoms with Crippen molar-refractivity contribution in [3.63, 3.8) is 0 Å². The molecular formula is C17H20BrNO3. The summed E-state index contributed by atoms with van der Waals surface area (Å²) in [5.41, 5.74) is 2.27. The van der Waals surface area contributed by atoms with E-state index in [9.17, 15) is 0 Å². The first-order chi connectivity index (χ1) is 10.7.